The molecule has 1 atom stereocenters. The van der Waals surface area contributed by atoms with E-state index in [9.17, 15) is 9.18 Å². The minimum atomic E-state index is -0.456. The maximum atomic E-state index is 13.6. The molecule has 0 aromatic heterocycles. The summed E-state index contributed by atoms with van der Waals surface area (Å²) in [5, 5.41) is 3.09. The van der Waals surface area contributed by atoms with Gasteiger partial charge in [0.15, 0.2) is 0 Å². The summed E-state index contributed by atoms with van der Waals surface area (Å²) in [7, 11) is 0. The Balaban J connectivity index is 2.03. The molecule has 0 fully saturated rings. The van der Waals surface area contributed by atoms with Crippen LogP contribution in [0.3, 0.4) is 0 Å². The molecule has 1 N–H and O–H groups in total. The Hall–Kier alpha value is -2.13. The van der Waals surface area contributed by atoms with Gasteiger partial charge in [-0.3, -0.25) is 4.79 Å². The van der Waals surface area contributed by atoms with Gasteiger partial charge in [-0.15, -0.1) is 0 Å². The van der Waals surface area contributed by atoms with Crippen LogP contribution in [0.4, 0.5) is 4.39 Å². The predicted octanol–water partition coefficient (Wildman–Crippen LogP) is 4.37. The summed E-state index contributed by atoms with van der Waals surface area (Å²) in [4.78, 5) is 11.9. The van der Waals surface area contributed by atoms with Crippen LogP contribution in [-0.2, 0) is 4.79 Å². The van der Waals surface area contributed by atoms with Crippen molar-refractivity contribution < 1.29 is 9.18 Å². The maximum Gasteiger partial charge on any atom is 0.244 e. The molecule has 2 rings (SSSR count). The third kappa shape index (κ3) is 4.17. The SMILES string of the molecule is CC(NC(=O)/C=C/c1c(F)cccc1Cl)c1ccccc1. The number of halogens is 2. The van der Waals surface area contributed by atoms with Crippen molar-refractivity contribution in [2.24, 2.45) is 0 Å². The zero-order valence-corrected chi connectivity index (χ0v) is 12.3. The largest absolute Gasteiger partial charge is 0.346 e. The van der Waals surface area contributed by atoms with Gasteiger partial charge in [0.25, 0.3) is 0 Å². The van der Waals surface area contributed by atoms with Gasteiger partial charge in [0.05, 0.1) is 11.1 Å². The van der Waals surface area contributed by atoms with E-state index < -0.39 is 5.82 Å². The number of hydrogen-bond donors (Lipinski definition) is 1. The van der Waals surface area contributed by atoms with E-state index in [0.717, 1.165) is 5.56 Å². The van der Waals surface area contributed by atoms with Crippen molar-refractivity contribution in [2.75, 3.05) is 0 Å². The molecule has 0 spiro atoms. The molecule has 2 aromatic rings. The van der Waals surface area contributed by atoms with Crippen molar-refractivity contribution in [1.82, 2.24) is 5.32 Å². The molecule has 1 amide bonds. The van der Waals surface area contributed by atoms with Gasteiger partial charge in [-0.2, -0.15) is 0 Å². The van der Waals surface area contributed by atoms with E-state index in [1.807, 2.05) is 37.3 Å². The molecule has 0 aliphatic carbocycles. The molecule has 2 aromatic carbocycles. The summed E-state index contributed by atoms with van der Waals surface area (Å²) in [6.45, 7) is 1.89. The smallest absolute Gasteiger partial charge is 0.244 e. The first-order valence-corrected chi connectivity index (χ1v) is 6.93. The van der Waals surface area contributed by atoms with E-state index in [4.69, 9.17) is 11.6 Å². The summed E-state index contributed by atoms with van der Waals surface area (Å²) in [5.74, 6) is -0.756. The highest BCUT2D eigenvalue weighted by atomic mass is 35.5. The second kappa shape index (κ2) is 7.04. The van der Waals surface area contributed by atoms with E-state index in [2.05, 4.69) is 5.32 Å². The Labute approximate surface area is 128 Å². The van der Waals surface area contributed by atoms with Crippen LogP contribution >= 0.6 is 11.6 Å². The molecule has 0 saturated carbocycles. The van der Waals surface area contributed by atoms with Crippen molar-refractivity contribution in [1.29, 1.82) is 0 Å². The van der Waals surface area contributed by atoms with Gasteiger partial charge in [0, 0.05) is 11.6 Å². The highest BCUT2D eigenvalue weighted by Crippen LogP contribution is 2.20. The van der Waals surface area contributed by atoms with Gasteiger partial charge in [-0.25, -0.2) is 4.39 Å². The number of hydrogen-bond acceptors (Lipinski definition) is 1. The highest BCUT2D eigenvalue weighted by Gasteiger charge is 2.08. The lowest BCUT2D eigenvalue weighted by Gasteiger charge is -2.12. The van der Waals surface area contributed by atoms with Crippen molar-refractivity contribution >= 4 is 23.6 Å². The summed E-state index contributed by atoms with van der Waals surface area (Å²) < 4.78 is 13.6. The van der Waals surface area contributed by atoms with Crippen molar-refractivity contribution in [3.05, 3.63) is 76.6 Å². The third-order valence-corrected chi connectivity index (χ3v) is 3.39. The van der Waals surface area contributed by atoms with E-state index >= 15 is 0 Å². The first-order valence-electron chi connectivity index (χ1n) is 6.55. The van der Waals surface area contributed by atoms with Crippen LogP contribution in [0.15, 0.2) is 54.6 Å². The Kier molecular flexibility index (Phi) is 5.12. The zero-order chi connectivity index (χ0) is 15.2. The minimum absolute atomic E-state index is 0.126. The van der Waals surface area contributed by atoms with Crippen molar-refractivity contribution in [3.8, 4) is 0 Å². The summed E-state index contributed by atoms with van der Waals surface area (Å²) in [6, 6.07) is 13.9. The van der Waals surface area contributed by atoms with Gasteiger partial charge in [-0.05, 0) is 30.7 Å². The average Bonchev–Trinajstić information content (AvgIpc) is 2.47. The van der Waals surface area contributed by atoms with E-state index in [-0.39, 0.29) is 22.5 Å². The second-order valence-electron chi connectivity index (χ2n) is 4.61. The monoisotopic (exact) mass is 303 g/mol. The van der Waals surface area contributed by atoms with Gasteiger partial charge < -0.3 is 5.32 Å². The molecule has 2 nitrogen and oxygen atoms in total. The number of amides is 1. The molecule has 0 radical (unpaired) electrons. The summed E-state index contributed by atoms with van der Waals surface area (Å²) in [5.41, 5.74) is 1.21. The summed E-state index contributed by atoms with van der Waals surface area (Å²) >= 11 is 5.89. The Morgan fingerprint density at radius 3 is 2.57 bits per heavy atom. The molecule has 0 saturated heterocycles. The molecular formula is C17H15ClFNO. The van der Waals surface area contributed by atoms with Crippen molar-refractivity contribution in [2.45, 2.75) is 13.0 Å². The topological polar surface area (TPSA) is 29.1 Å². The highest BCUT2D eigenvalue weighted by molar-refractivity contribution is 6.32. The zero-order valence-electron chi connectivity index (χ0n) is 11.5. The second-order valence-corrected chi connectivity index (χ2v) is 5.02. The van der Waals surface area contributed by atoms with E-state index in [0.29, 0.717) is 0 Å². The van der Waals surface area contributed by atoms with E-state index in [1.54, 1.807) is 6.07 Å². The molecule has 0 heterocycles. The molecule has 4 heteroatoms. The molecule has 0 aliphatic rings. The number of nitrogens with one attached hydrogen (secondary N) is 1. The molecule has 21 heavy (non-hydrogen) atoms. The first kappa shape index (κ1) is 15.3. The van der Waals surface area contributed by atoms with Crippen LogP contribution in [0.1, 0.15) is 24.1 Å². The lowest BCUT2D eigenvalue weighted by atomic mass is 10.1. The molecule has 1 unspecified atom stereocenters. The number of carbonyl (C=O) groups excluding carboxylic acids is 1. The fraction of sp³-hybridized carbons (Fsp3) is 0.118. The van der Waals surface area contributed by atoms with Gasteiger partial charge in [-0.1, -0.05) is 48.0 Å². The summed E-state index contributed by atoms with van der Waals surface area (Å²) in [6.07, 6.45) is 2.66. The number of rotatable bonds is 4. The van der Waals surface area contributed by atoms with Gasteiger partial charge in [0.2, 0.25) is 5.91 Å². The first-order chi connectivity index (χ1) is 10.1. The van der Waals surface area contributed by atoms with Crippen LogP contribution < -0.4 is 5.32 Å². The Morgan fingerprint density at radius 2 is 1.90 bits per heavy atom. The molecule has 0 bridgehead atoms. The molecule has 108 valence electrons. The third-order valence-electron chi connectivity index (χ3n) is 3.06. The lowest BCUT2D eigenvalue weighted by Crippen LogP contribution is -2.24. The van der Waals surface area contributed by atoms with E-state index in [1.165, 1.54) is 24.3 Å². The normalized spacial score (nSPS) is 12.3. The van der Waals surface area contributed by atoms with Gasteiger partial charge in [0.1, 0.15) is 5.82 Å². The van der Waals surface area contributed by atoms with Crippen LogP contribution in [0, 0.1) is 5.82 Å². The van der Waals surface area contributed by atoms with Gasteiger partial charge >= 0.3 is 0 Å². The van der Waals surface area contributed by atoms with Crippen LogP contribution in [0.5, 0.6) is 0 Å². The number of benzene rings is 2. The van der Waals surface area contributed by atoms with Crippen LogP contribution in [-0.4, -0.2) is 5.91 Å². The quantitative estimate of drug-likeness (QED) is 0.835. The molecular weight excluding hydrogens is 289 g/mol. The van der Waals surface area contributed by atoms with Crippen LogP contribution in [0.25, 0.3) is 6.08 Å². The fourth-order valence-corrected chi connectivity index (χ4v) is 2.14. The fourth-order valence-electron chi connectivity index (χ4n) is 1.92. The molecule has 0 aliphatic heterocycles. The Bertz CT molecular complexity index is 635. The average molecular weight is 304 g/mol. The predicted molar refractivity (Wildman–Crippen MR) is 83.4 cm³/mol. The Morgan fingerprint density at radius 1 is 1.19 bits per heavy atom. The lowest BCUT2D eigenvalue weighted by molar-refractivity contribution is -0.117. The maximum absolute atomic E-state index is 13.6. The van der Waals surface area contributed by atoms with Crippen LogP contribution in [0.2, 0.25) is 5.02 Å². The van der Waals surface area contributed by atoms with Crippen molar-refractivity contribution in [3.63, 3.8) is 0 Å². The number of carbonyl (C=O) groups is 1. The minimum Gasteiger partial charge on any atom is -0.346 e. The standard InChI is InChI=1S/C17H15ClFNO/c1-12(13-6-3-2-4-7-13)20-17(21)11-10-14-15(18)8-5-9-16(14)19/h2-12H,1H3,(H,20,21)/b11-10+.